The molecule has 2 aliphatic heterocycles. The molecule has 2 aromatic heterocycles. The molecule has 1 aliphatic carbocycles. The fraction of sp³-hybridized carbons (Fsp3) is 0.611. The molecule has 0 saturated carbocycles. The van der Waals surface area contributed by atoms with Gasteiger partial charge in [0, 0.05) is 49.4 Å². The van der Waals surface area contributed by atoms with Gasteiger partial charge in [-0.1, -0.05) is 0 Å². The van der Waals surface area contributed by atoms with Crippen LogP contribution in [0.1, 0.15) is 35.4 Å². The molecule has 0 N–H and O–H groups in total. The van der Waals surface area contributed by atoms with Crippen molar-refractivity contribution in [3.8, 4) is 0 Å². The monoisotopic (exact) mass is 325 g/mol. The summed E-state index contributed by atoms with van der Waals surface area (Å²) in [5, 5.41) is 9.07. The van der Waals surface area contributed by atoms with Gasteiger partial charge in [-0.25, -0.2) is 4.68 Å². The fourth-order valence-corrected chi connectivity index (χ4v) is 4.44. The van der Waals surface area contributed by atoms with Crippen LogP contribution in [0.25, 0.3) is 0 Å². The van der Waals surface area contributed by atoms with E-state index in [2.05, 4.69) is 19.8 Å². The van der Waals surface area contributed by atoms with Crippen molar-refractivity contribution < 1.29 is 0 Å². The third-order valence-corrected chi connectivity index (χ3v) is 5.70. The molecule has 0 bridgehead atoms. The predicted molar refractivity (Wildman–Crippen MR) is 89.8 cm³/mol. The van der Waals surface area contributed by atoms with E-state index in [1.54, 1.807) is 4.68 Å². The average Bonchev–Trinajstić information content (AvgIpc) is 3.22. The van der Waals surface area contributed by atoms with Gasteiger partial charge in [-0.3, -0.25) is 14.4 Å². The molecule has 6 heteroatoms. The molecule has 5 rings (SSSR count). The van der Waals surface area contributed by atoms with Gasteiger partial charge < -0.3 is 0 Å². The smallest absolute Gasteiger partial charge is 0.267 e. The molecule has 1 saturated heterocycles. The molecule has 24 heavy (non-hydrogen) atoms. The number of rotatable bonds is 4. The molecule has 3 aliphatic rings. The van der Waals surface area contributed by atoms with Gasteiger partial charge in [0.05, 0.1) is 18.4 Å². The second kappa shape index (κ2) is 5.55. The average molecular weight is 325 g/mol. The van der Waals surface area contributed by atoms with Gasteiger partial charge in [-0.15, -0.1) is 0 Å². The van der Waals surface area contributed by atoms with Crippen LogP contribution in [0, 0.1) is 5.92 Å². The van der Waals surface area contributed by atoms with E-state index in [9.17, 15) is 4.79 Å². The number of likely N-dealkylation sites (tertiary alicyclic amines) is 1. The van der Waals surface area contributed by atoms with E-state index in [4.69, 9.17) is 0 Å². The van der Waals surface area contributed by atoms with E-state index in [1.807, 2.05) is 12.3 Å². The topological polar surface area (TPSA) is 56.0 Å². The first-order chi connectivity index (χ1) is 11.8. The summed E-state index contributed by atoms with van der Waals surface area (Å²) in [5.41, 5.74) is 5.19. The van der Waals surface area contributed by atoms with Crippen LogP contribution in [0.5, 0.6) is 0 Å². The van der Waals surface area contributed by atoms with Gasteiger partial charge in [0.25, 0.3) is 5.56 Å². The van der Waals surface area contributed by atoms with Crippen molar-refractivity contribution >= 4 is 0 Å². The Hall–Kier alpha value is -1.95. The van der Waals surface area contributed by atoms with Crippen LogP contribution in [0.15, 0.2) is 17.1 Å². The number of fused-ring (bicyclic) bond motifs is 2. The Morgan fingerprint density at radius 3 is 3.00 bits per heavy atom. The van der Waals surface area contributed by atoms with Crippen LogP contribution in [-0.4, -0.2) is 37.6 Å². The Balaban J connectivity index is 1.21. The normalized spacial score (nSPS) is 20.2. The zero-order valence-electron chi connectivity index (χ0n) is 13.9. The van der Waals surface area contributed by atoms with Gasteiger partial charge in [0.2, 0.25) is 0 Å². The van der Waals surface area contributed by atoms with Crippen molar-refractivity contribution in [1.29, 1.82) is 0 Å². The minimum absolute atomic E-state index is 0.0727. The van der Waals surface area contributed by atoms with E-state index in [0.29, 0.717) is 5.92 Å². The summed E-state index contributed by atoms with van der Waals surface area (Å²) in [7, 11) is 0. The standard InChI is InChI=1S/C18H23N5O/c24-18-7-14-3-1-4-16(14)20-23(18)11-13-9-21(10-13)12-15-8-19-22-6-2-5-17(15)22/h7-8,13H,1-6,9-12H2. The van der Waals surface area contributed by atoms with Crippen LogP contribution in [0.2, 0.25) is 0 Å². The zero-order valence-corrected chi connectivity index (χ0v) is 13.9. The lowest BCUT2D eigenvalue weighted by molar-refractivity contribution is 0.0762. The fourth-order valence-electron chi connectivity index (χ4n) is 4.44. The molecule has 0 unspecified atom stereocenters. The number of hydrogen-bond acceptors (Lipinski definition) is 4. The Labute approximate surface area is 141 Å². The van der Waals surface area contributed by atoms with Crippen LogP contribution in [0.4, 0.5) is 0 Å². The Kier molecular flexibility index (Phi) is 3.33. The first kappa shape index (κ1) is 14.4. The predicted octanol–water partition coefficient (Wildman–Crippen LogP) is 1.01. The van der Waals surface area contributed by atoms with E-state index >= 15 is 0 Å². The minimum atomic E-state index is 0.0727. The van der Waals surface area contributed by atoms with E-state index in [0.717, 1.165) is 57.7 Å². The summed E-state index contributed by atoms with van der Waals surface area (Å²) in [6.07, 6.45) is 7.62. The second-order valence-electron chi connectivity index (χ2n) is 7.49. The molecule has 2 aromatic rings. The van der Waals surface area contributed by atoms with Gasteiger partial charge in [0.15, 0.2) is 0 Å². The second-order valence-corrected chi connectivity index (χ2v) is 7.49. The molecule has 4 heterocycles. The van der Waals surface area contributed by atoms with Crippen molar-refractivity contribution in [2.75, 3.05) is 13.1 Å². The van der Waals surface area contributed by atoms with Gasteiger partial charge in [-0.2, -0.15) is 10.2 Å². The van der Waals surface area contributed by atoms with Crippen LogP contribution in [0.3, 0.4) is 0 Å². The van der Waals surface area contributed by atoms with Crippen molar-refractivity contribution in [1.82, 2.24) is 24.5 Å². The summed E-state index contributed by atoms with van der Waals surface area (Å²) in [6.45, 7) is 4.93. The van der Waals surface area contributed by atoms with Crippen LogP contribution in [-0.2, 0) is 38.9 Å². The quantitative estimate of drug-likeness (QED) is 0.842. The molecule has 0 atom stereocenters. The molecular formula is C18H23N5O. The third kappa shape index (κ3) is 2.40. The number of hydrogen-bond donors (Lipinski definition) is 0. The zero-order chi connectivity index (χ0) is 16.1. The highest BCUT2D eigenvalue weighted by Gasteiger charge is 2.29. The summed E-state index contributed by atoms with van der Waals surface area (Å²) in [4.78, 5) is 14.7. The summed E-state index contributed by atoms with van der Waals surface area (Å²) < 4.78 is 3.85. The summed E-state index contributed by atoms with van der Waals surface area (Å²) in [6, 6.07) is 1.81. The van der Waals surface area contributed by atoms with Crippen LogP contribution >= 0.6 is 0 Å². The van der Waals surface area contributed by atoms with E-state index in [1.165, 1.54) is 29.7 Å². The van der Waals surface area contributed by atoms with Crippen molar-refractivity contribution in [3.63, 3.8) is 0 Å². The molecule has 0 spiro atoms. The first-order valence-corrected chi connectivity index (χ1v) is 9.12. The molecule has 0 amide bonds. The van der Waals surface area contributed by atoms with E-state index in [-0.39, 0.29) is 5.56 Å². The molecular weight excluding hydrogens is 302 g/mol. The first-order valence-electron chi connectivity index (χ1n) is 9.12. The molecule has 126 valence electrons. The van der Waals surface area contributed by atoms with Gasteiger partial charge in [-0.05, 0) is 37.7 Å². The van der Waals surface area contributed by atoms with Gasteiger partial charge in [0.1, 0.15) is 0 Å². The number of nitrogens with zero attached hydrogens (tertiary/aromatic N) is 5. The lowest BCUT2D eigenvalue weighted by Crippen LogP contribution is -2.49. The Morgan fingerprint density at radius 2 is 2.08 bits per heavy atom. The third-order valence-electron chi connectivity index (χ3n) is 5.70. The van der Waals surface area contributed by atoms with Crippen molar-refractivity contribution in [2.24, 2.45) is 5.92 Å². The van der Waals surface area contributed by atoms with Crippen molar-refractivity contribution in [2.45, 2.75) is 51.7 Å². The maximum absolute atomic E-state index is 12.2. The largest absolute Gasteiger partial charge is 0.298 e. The summed E-state index contributed by atoms with van der Waals surface area (Å²) >= 11 is 0. The maximum atomic E-state index is 12.2. The van der Waals surface area contributed by atoms with E-state index < -0.39 is 0 Å². The van der Waals surface area contributed by atoms with Crippen molar-refractivity contribution in [3.05, 3.63) is 45.1 Å². The summed E-state index contributed by atoms with van der Waals surface area (Å²) in [5.74, 6) is 0.540. The SMILES string of the molecule is O=c1cc2c(nn1CC1CN(Cc3cnn4c3CCC4)C1)CCC2. The number of aryl methyl sites for hydroxylation is 3. The maximum Gasteiger partial charge on any atom is 0.267 e. The molecule has 6 nitrogen and oxygen atoms in total. The Bertz CT molecular complexity index is 830. The molecule has 1 fully saturated rings. The van der Waals surface area contributed by atoms with Crippen LogP contribution < -0.4 is 5.56 Å². The highest BCUT2D eigenvalue weighted by atomic mass is 16.1. The highest BCUT2D eigenvalue weighted by molar-refractivity contribution is 5.22. The number of aromatic nitrogens is 4. The lowest BCUT2D eigenvalue weighted by atomic mass is 9.99. The molecule has 0 radical (unpaired) electrons. The minimum Gasteiger partial charge on any atom is -0.298 e. The Morgan fingerprint density at radius 1 is 1.17 bits per heavy atom. The molecule has 0 aromatic carbocycles. The highest BCUT2D eigenvalue weighted by Crippen LogP contribution is 2.24. The van der Waals surface area contributed by atoms with Gasteiger partial charge >= 0.3 is 0 Å². The lowest BCUT2D eigenvalue weighted by Gasteiger charge is -2.39.